The van der Waals surface area contributed by atoms with Gasteiger partial charge >= 0.3 is 6.03 Å². The summed E-state index contributed by atoms with van der Waals surface area (Å²) in [6.45, 7) is 0.684. The third-order valence-corrected chi connectivity index (χ3v) is 4.78. The molecule has 1 aromatic heterocycles. The molecule has 0 aliphatic heterocycles. The first-order chi connectivity index (χ1) is 14.7. The zero-order valence-electron chi connectivity index (χ0n) is 16.4. The number of methoxy groups -OCH3 is 1. The van der Waals surface area contributed by atoms with Crippen molar-refractivity contribution in [3.05, 3.63) is 60.7 Å². The summed E-state index contributed by atoms with van der Waals surface area (Å²) >= 11 is 1.11. The predicted octanol–water partition coefficient (Wildman–Crippen LogP) is 2.77. The Morgan fingerprint density at radius 3 is 2.20 bits per heavy atom. The van der Waals surface area contributed by atoms with Gasteiger partial charge in [0.2, 0.25) is 11.1 Å². The molecule has 2 aromatic carbocycles. The van der Waals surface area contributed by atoms with E-state index in [0.29, 0.717) is 29.7 Å². The Hall–Kier alpha value is -3.30. The van der Waals surface area contributed by atoms with E-state index in [-0.39, 0.29) is 5.75 Å². The highest BCUT2D eigenvalue weighted by Gasteiger charge is 2.15. The van der Waals surface area contributed by atoms with Crippen molar-refractivity contribution in [2.45, 2.75) is 5.16 Å². The van der Waals surface area contributed by atoms with Crippen molar-refractivity contribution in [3.63, 3.8) is 0 Å². The molecule has 0 spiro atoms. The minimum atomic E-state index is -0.568. The largest absolute Gasteiger partial charge is 0.383 e. The van der Waals surface area contributed by atoms with E-state index < -0.39 is 11.9 Å². The molecule has 9 heteroatoms. The van der Waals surface area contributed by atoms with Crippen molar-refractivity contribution in [3.8, 4) is 22.5 Å². The molecule has 3 amide bonds. The van der Waals surface area contributed by atoms with Gasteiger partial charge in [0.05, 0.1) is 12.4 Å². The quantitative estimate of drug-likeness (QED) is 0.424. The first-order valence-corrected chi connectivity index (χ1v) is 10.2. The van der Waals surface area contributed by atoms with Crippen molar-refractivity contribution < 1.29 is 14.3 Å². The number of hydrogen-bond donors (Lipinski definition) is 2. The number of benzene rings is 2. The second-order valence-corrected chi connectivity index (χ2v) is 7.05. The van der Waals surface area contributed by atoms with Gasteiger partial charge in [0.1, 0.15) is 11.4 Å². The van der Waals surface area contributed by atoms with E-state index in [9.17, 15) is 9.59 Å². The molecular formula is C21H21N5O3S. The van der Waals surface area contributed by atoms with Gasteiger partial charge in [-0.05, 0) is 0 Å². The minimum Gasteiger partial charge on any atom is -0.383 e. The Morgan fingerprint density at radius 1 is 0.933 bits per heavy atom. The summed E-state index contributed by atoms with van der Waals surface area (Å²) in [6, 6.07) is 18.8. The molecule has 0 radical (unpaired) electrons. The van der Waals surface area contributed by atoms with Crippen LogP contribution in [0.3, 0.4) is 0 Å². The first kappa shape index (κ1) is 21.4. The Balaban J connectivity index is 1.72. The van der Waals surface area contributed by atoms with Gasteiger partial charge in [-0.1, -0.05) is 72.4 Å². The normalized spacial score (nSPS) is 10.4. The van der Waals surface area contributed by atoms with Crippen LogP contribution < -0.4 is 10.6 Å². The monoisotopic (exact) mass is 423 g/mol. The third-order valence-electron chi connectivity index (χ3n) is 3.94. The summed E-state index contributed by atoms with van der Waals surface area (Å²) < 4.78 is 4.84. The number of urea groups is 1. The van der Waals surface area contributed by atoms with Gasteiger partial charge in [0.25, 0.3) is 0 Å². The topological polar surface area (TPSA) is 106 Å². The van der Waals surface area contributed by atoms with Crippen LogP contribution in [0.5, 0.6) is 0 Å². The van der Waals surface area contributed by atoms with Crippen molar-refractivity contribution in [2.24, 2.45) is 0 Å². The lowest BCUT2D eigenvalue weighted by atomic mass is 10.0. The van der Waals surface area contributed by atoms with Crippen LogP contribution in [0.1, 0.15) is 0 Å². The van der Waals surface area contributed by atoms with Crippen molar-refractivity contribution in [2.75, 3.05) is 26.0 Å². The Bertz CT molecular complexity index is 986. The van der Waals surface area contributed by atoms with Crippen molar-refractivity contribution in [1.82, 2.24) is 25.8 Å². The van der Waals surface area contributed by atoms with Crippen LogP contribution >= 0.6 is 11.8 Å². The zero-order valence-corrected chi connectivity index (χ0v) is 17.2. The van der Waals surface area contributed by atoms with Gasteiger partial charge in [0.15, 0.2) is 0 Å². The maximum absolute atomic E-state index is 12.0. The fourth-order valence-corrected chi connectivity index (χ4v) is 3.15. The second-order valence-electron chi connectivity index (χ2n) is 6.11. The minimum absolute atomic E-state index is 0.0156. The molecule has 0 fully saturated rings. The van der Waals surface area contributed by atoms with E-state index in [4.69, 9.17) is 4.74 Å². The van der Waals surface area contributed by atoms with E-state index in [1.54, 1.807) is 0 Å². The number of ether oxygens (including phenoxy) is 1. The SMILES string of the molecule is COCCNC(=O)NC(=O)CSc1nnc(-c2ccccc2)c(-c2ccccc2)n1. The van der Waals surface area contributed by atoms with Gasteiger partial charge in [-0.15, -0.1) is 10.2 Å². The number of rotatable bonds is 8. The van der Waals surface area contributed by atoms with E-state index in [0.717, 1.165) is 22.9 Å². The summed E-state index contributed by atoms with van der Waals surface area (Å²) in [6.07, 6.45) is 0. The van der Waals surface area contributed by atoms with E-state index in [1.807, 2.05) is 60.7 Å². The summed E-state index contributed by atoms with van der Waals surface area (Å²) in [5, 5.41) is 13.6. The van der Waals surface area contributed by atoms with E-state index in [2.05, 4.69) is 25.8 Å². The number of imide groups is 1. The smallest absolute Gasteiger partial charge is 0.321 e. The fraction of sp³-hybridized carbons (Fsp3) is 0.190. The summed E-state index contributed by atoms with van der Waals surface area (Å²) in [7, 11) is 1.53. The lowest BCUT2D eigenvalue weighted by molar-refractivity contribution is -0.117. The maximum atomic E-state index is 12.0. The number of nitrogens with one attached hydrogen (secondary N) is 2. The van der Waals surface area contributed by atoms with Crippen LogP contribution in [0.4, 0.5) is 4.79 Å². The highest BCUT2D eigenvalue weighted by atomic mass is 32.2. The Kier molecular flexibility index (Phi) is 7.87. The molecular weight excluding hydrogens is 402 g/mol. The average molecular weight is 423 g/mol. The summed E-state index contributed by atoms with van der Waals surface area (Å²) in [5.41, 5.74) is 3.14. The first-order valence-electron chi connectivity index (χ1n) is 9.22. The summed E-state index contributed by atoms with van der Waals surface area (Å²) in [4.78, 5) is 28.3. The van der Waals surface area contributed by atoms with Crippen molar-refractivity contribution in [1.29, 1.82) is 0 Å². The molecule has 1 heterocycles. The number of amides is 3. The van der Waals surface area contributed by atoms with E-state index in [1.165, 1.54) is 7.11 Å². The molecule has 0 unspecified atom stereocenters. The number of hydrogen-bond acceptors (Lipinski definition) is 7. The molecule has 3 rings (SSSR count). The number of nitrogens with zero attached hydrogens (tertiary/aromatic N) is 3. The average Bonchev–Trinajstić information content (AvgIpc) is 2.79. The van der Waals surface area contributed by atoms with Crippen molar-refractivity contribution >= 4 is 23.7 Å². The zero-order chi connectivity index (χ0) is 21.2. The maximum Gasteiger partial charge on any atom is 0.321 e. The molecule has 0 aliphatic rings. The lowest BCUT2D eigenvalue weighted by Gasteiger charge is -2.09. The van der Waals surface area contributed by atoms with Crippen LogP contribution in [-0.2, 0) is 9.53 Å². The van der Waals surface area contributed by atoms with Crippen LogP contribution in [0.25, 0.3) is 22.5 Å². The molecule has 0 bridgehead atoms. The fourth-order valence-electron chi connectivity index (χ4n) is 2.56. The van der Waals surface area contributed by atoms with E-state index >= 15 is 0 Å². The molecule has 3 aromatic rings. The van der Waals surface area contributed by atoms with Gasteiger partial charge in [-0.3, -0.25) is 10.1 Å². The predicted molar refractivity (Wildman–Crippen MR) is 115 cm³/mol. The number of thioether (sulfide) groups is 1. The molecule has 0 atom stereocenters. The standard InChI is InChI=1S/C21H21N5O3S/c1-29-13-12-22-20(28)23-17(27)14-30-21-24-18(15-8-4-2-5-9-15)19(25-26-21)16-10-6-3-7-11-16/h2-11H,12-14H2,1H3,(H2,22,23,27,28). The van der Waals surface area contributed by atoms with Crippen LogP contribution in [0.15, 0.2) is 65.8 Å². The van der Waals surface area contributed by atoms with Crippen LogP contribution in [-0.4, -0.2) is 53.1 Å². The molecule has 8 nitrogen and oxygen atoms in total. The molecule has 0 aliphatic carbocycles. The Morgan fingerprint density at radius 2 is 1.57 bits per heavy atom. The lowest BCUT2D eigenvalue weighted by Crippen LogP contribution is -2.41. The number of aromatic nitrogens is 3. The Labute approximate surface area is 178 Å². The van der Waals surface area contributed by atoms with Gasteiger partial charge in [-0.2, -0.15) is 0 Å². The van der Waals surface area contributed by atoms with Gasteiger partial charge in [0, 0.05) is 24.8 Å². The highest BCUT2D eigenvalue weighted by Crippen LogP contribution is 2.29. The number of carbonyl (C=O) groups excluding carboxylic acids is 2. The molecule has 0 saturated heterocycles. The molecule has 0 saturated carbocycles. The second kappa shape index (κ2) is 11.0. The molecule has 30 heavy (non-hydrogen) atoms. The van der Waals surface area contributed by atoms with Crippen LogP contribution in [0.2, 0.25) is 0 Å². The third kappa shape index (κ3) is 6.10. The molecule has 2 N–H and O–H groups in total. The molecule has 154 valence electrons. The van der Waals surface area contributed by atoms with Gasteiger partial charge in [-0.25, -0.2) is 9.78 Å². The highest BCUT2D eigenvalue weighted by molar-refractivity contribution is 7.99. The van der Waals surface area contributed by atoms with Crippen LogP contribution in [0, 0.1) is 0 Å². The summed E-state index contributed by atoms with van der Waals surface area (Å²) in [5.74, 6) is -0.468. The van der Waals surface area contributed by atoms with Gasteiger partial charge < -0.3 is 10.1 Å². The number of carbonyl (C=O) groups is 2.